The molecule has 11 nitrogen and oxygen atoms in total. The van der Waals surface area contributed by atoms with Crippen LogP contribution in [-0.2, 0) is 22.2 Å². The summed E-state index contributed by atoms with van der Waals surface area (Å²) < 4.78 is 66.0. The van der Waals surface area contributed by atoms with Crippen LogP contribution in [0.2, 0.25) is 5.02 Å². The maximum atomic E-state index is 13.1. The zero-order valence-corrected chi connectivity index (χ0v) is 20.2. The monoisotopic (exact) mass is 558 g/mol. The Balaban J connectivity index is 0.000000205. The van der Waals surface area contributed by atoms with E-state index < -0.39 is 39.2 Å². The number of nitrogens with zero attached hydrogens (tertiary/aromatic N) is 2. The molecule has 0 amide bonds. The summed E-state index contributed by atoms with van der Waals surface area (Å²) in [6.45, 7) is 0. The van der Waals surface area contributed by atoms with E-state index in [1.165, 1.54) is 36.4 Å². The fourth-order valence-corrected chi connectivity index (χ4v) is 4.12. The van der Waals surface area contributed by atoms with Crippen LogP contribution in [-0.4, -0.2) is 32.6 Å². The van der Waals surface area contributed by atoms with Crippen molar-refractivity contribution in [1.82, 2.24) is 9.97 Å². The van der Waals surface area contributed by atoms with Crippen molar-refractivity contribution in [2.45, 2.75) is 9.79 Å². The number of fused-ring (bicyclic) bond motifs is 1. The van der Waals surface area contributed by atoms with Crippen LogP contribution in [0.25, 0.3) is 10.8 Å². The topological polar surface area (TPSA) is 211 Å². The van der Waals surface area contributed by atoms with Crippen molar-refractivity contribution in [3.8, 4) is 5.75 Å². The van der Waals surface area contributed by atoms with Crippen molar-refractivity contribution >= 4 is 73.1 Å². The number of aromatic hydroxyl groups is 1. The number of hydrogen-bond donors (Lipinski definition) is 7. The summed E-state index contributed by atoms with van der Waals surface area (Å²) in [5.41, 5.74) is 17.7. The lowest BCUT2D eigenvalue weighted by Gasteiger charge is -2.09. The van der Waals surface area contributed by atoms with Crippen molar-refractivity contribution in [2.75, 3.05) is 22.5 Å². The second kappa shape index (κ2) is 11.0. The van der Waals surface area contributed by atoms with E-state index in [1.54, 1.807) is 6.07 Å². The maximum absolute atomic E-state index is 13.1. The number of phenolic OH excluding ortho intramolecular Hbond substituents is 1. The van der Waals surface area contributed by atoms with Crippen molar-refractivity contribution in [3.05, 3.63) is 59.5 Å². The van der Waals surface area contributed by atoms with Crippen molar-refractivity contribution in [1.29, 1.82) is 0 Å². The minimum Gasteiger partial charge on any atom is -0.507 e. The smallest absolute Gasteiger partial charge is 0.313 e. The molecular formula is C20H17ClF2N6O5S2. The molecule has 0 spiro atoms. The average Bonchev–Trinajstić information content (AvgIpc) is 2.79. The van der Waals surface area contributed by atoms with Gasteiger partial charge in [0.15, 0.2) is 28.0 Å². The van der Waals surface area contributed by atoms with Crippen LogP contribution >= 0.6 is 11.6 Å². The number of benzene rings is 3. The van der Waals surface area contributed by atoms with Gasteiger partial charge in [-0.15, -0.1) is 0 Å². The number of halogens is 3. The molecule has 0 radical (unpaired) electrons. The summed E-state index contributed by atoms with van der Waals surface area (Å²) in [7, 11) is 0. The van der Waals surface area contributed by atoms with Crippen molar-refractivity contribution in [3.63, 3.8) is 0 Å². The third kappa shape index (κ3) is 5.77. The van der Waals surface area contributed by atoms with Gasteiger partial charge >= 0.3 is 6.08 Å². The van der Waals surface area contributed by atoms with E-state index in [0.29, 0.717) is 16.5 Å². The Kier molecular flexibility index (Phi) is 8.21. The van der Waals surface area contributed by atoms with Gasteiger partial charge in [0, 0.05) is 16.5 Å². The zero-order valence-electron chi connectivity index (χ0n) is 17.8. The first-order valence-corrected chi connectivity index (χ1v) is 12.1. The number of nitrogens with one attached hydrogen (secondary N) is 1. The molecule has 190 valence electrons. The average molecular weight is 559 g/mol. The largest absolute Gasteiger partial charge is 0.507 e. The molecule has 36 heavy (non-hydrogen) atoms. The molecule has 0 bridgehead atoms. The summed E-state index contributed by atoms with van der Waals surface area (Å²) in [6.07, 6.45) is -1.28. The van der Waals surface area contributed by atoms with Gasteiger partial charge in [0.25, 0.3) is 0 Å². The zero-order chi connectivity index (χ0) is 26.7. The molecule has 10 N–H and O–H groups in total. The number of anilines is 5. The molecule has 1 heterocycles. The number of aromatic nitrogens is 2. The summed E-state index contributed by atoms with van der Waals surface area (Å²) in [4.78, 5) is 6.33. The van der Waals surface area contributed by atoms with E-state index in [0.717, 1.165) is 0 Å². The molecule has 0 aliphatic carbocycles. The van der Waals surface area contributed by atoms with Crippen molar-refractivity contribution in [2.24, 2.45) is 0 Å². The second-order valence-corrected chi connectivity index (χ2v) is 9.15. The van der Waals surface area contributed by atoms with Gasteiger partial charge in [-0.25, -0.2) is 8.42 Å². The number of rotatable bonds is 4. The highest BCUT2D eigenvalue weighted by Crippen LogP contribution is 2.36. The molecule has 1 aromatic heterocycles. The molecule has 0 aliphatic heterocycles. The van der Waals surface area contributed by atoms with Crippen LogP contribution < -0.4 is 22.5 Å². The van der Waals surface area contributed by atoms with Gasteiger partial charge in [0.2, 0.25) is 5.95 Å². The van der Waals surface area contributed by atoms with Crippen LogP contribution in [0, 0.1) is 12.0 Å². The molecule has 2 atom stereocenters. The first-order valence-electron chi connectivity index (χ1n) is 9.47. The van der Waals surface area contributed by atoms with E-state index >= 15 is 0 Å². The van der Waals surface area contributed by atoms with Gasteiger partial charge in [0.05, 0.1) is 26.9 Å². The molecule has 2 unspecified atom stereocenters. The van der Waals surface area contributed by atoms with Gasteiger partial charge < -0.3 is 36.7 Å². The third-order valence-electron chi connectivity index (χ3n) is 4.63. The van der Waals surface area contributed by atoms with E-state index in [4.69, 9.17) is 37.9 Å². The lowest BCUT2D eigenvalue weighted by molar-refractivity contribution is 0.481. The normalized spacial score (nSPS) is 12.5. The summed E-state index contributed by atoms with van der Waals surface area (Å²) in [5.74, 6) is -1.55. The SMILES string of the molecule is Nc1cc(Nc2nc(F)nc(F)c2Cl)ccc1S(=O)O.Nc1ccc2c(S(=O)O)ccc(O)c2c1N. The molecular weight excluding hydrogens is 542 g/mol. The standard InChI is InChI=1S/C10H7ClF2N4O2S.C10H10N2O3S/c11-7-8(12)16-10(13)17-9(7)15-4-1-2-6(20(18)19)5(14)3-4;11-6-2-1-5-8(16(14)15)4-3-7(13)9(5)10(6)12/h1-3H,14H2,(H,18,19)(H,15,16,17);1-4,13H,11-12H2,(H,14,15). The maximum Gasteiger partial charge on any atom is 0.313 e. The van der Waals surface area contributed by atoms with E-state index in [1.807, 2.05) is 0 Å². The Morgan fingerprint density at radius 1 is 0.889 bits per heavy atom. The predicted molar refractivity (Wildman–Crippen MR) is 134 cm³/mol. The van der Waals surface area contributed by atoms with Crippen LogP contribution in [0.15, 0.2) is 52.3 Å². The first kappa shape index (κ1) is 27.0. The molecule has 0 aliphatic rings. The van der Waals surface area contributed by atoms with Crippen LogP contribution in [0.5, 0.6) is 5.75 Å². The van der Waals surface area contributed by atoms with Gasteiger partial charge in [-0.3, -0.25) is 0 Å². The van der Waals surface area contributed by atoms with Gasteiger partial charge in [-0.2, -0.15) is 18.7 Å². The molecule has 0 saturated carbocycles. The summed E-state index contributed by atoms with van der Waals surface area (Å²) in [6, 6.07) is 9.77. The van der Waals surface area contributed by atoms with Gasteiger partial charge in [0.1, 0.15) is 10.8 Å². The minimum atomic E-state index is -2.23. The van der Waals surface area contributed by atoms with Crippen molar-refractivity contribution < 1.29 is 31.4 Å². The fourth-order valence-electron chi connectivity index (χ4n) is 3.00. The third-order valence-corrected chi connectivity index (χ3v) is 6.44. The van der Waals surface area contributed by atoms with Gasteiger partial charge in [-0.1, -0.05) is 17.7 Å². The Morgan fingerprint density at radius 3 is 2.14 bits per heavy atom. The molecule has 4 rings (SSSR count). The van der Waals surface area contributed by atoms with Crippen LogP contribution in [0.1, 0.15) is 0 Å². The lowest BCUT2D eigenvalue weighted by atomic mass is 10.1. The Labute approximate surface area is 211 Å². The summed E-state index contributed by atoms with van der Waals surface area (Å²) >= 11 is 1.22. The van der Waals surface area contributed by atoms with E-state index in [-0.39, 0.29) is 38.4 Å². The second-order valence-electron chi connectivity index (χ2n) is 6.90. The van der Waals surface area contributed by atoms with E-state index in [9.17, 15) is 22.3 Å². The highest BCUT2D eigenvalue weighted by atomic mass is 35.5. The number of phenols is 1. The molecule has 4 aromatic rings. The molecule has 16 heteroatoms. The van der Waals surface area contributed by atoms with Crippen LogP contribution in [0.4, 0.5) is 37.3 Å². The Morgan fingerprint density at radius 2 is 1.53 bits per heavy atom. The Bertz CT molecular complexity index is 1530. The number of nitrogens with two attached hydrogens (primary N) is 3. The fraction of sp³-hybridized carbons (Fsp3) is 0. The Hall–Kier alpha value is -3.63. The first-order chi connectivity index (χ1) is 16.9. The van der Waals surface area contributed by atoms with Crippen LogP contribution in [0.3, 0.4) is 0 Å². The van der Waals surface area contributed by atoms with E-state index in [2.05, 4.69) is 15.3 Å². The lowest BCUT2D eigenvalue weighted by Crippen LogP contribution is -2.03. The summed E-state index contributed by atoms with van der Waals surface area (Å²) in [5, 5.41) is 12.4. The molecule has 0 saturated heterocycles. The quantitative estimate of drug-likeness (QED) is 0.0831. The highest BCUT2D eigenvalue weighted by Gasteiger charge is 2.15. The highest BCUT2D eigenvalue weighted by molar-refractivity contribution is 7.79. The minimum absolute atomic E-state index is 0.0155. The molecule has 3 aromatic carbocycles. The number of nitrogen functional groups attached to an aromatic ring is 3. The number of hydrogen-bond acceptors (Lipinski definition) is 9. The van der Waals surface area contributed by atoms with Gasteiger partial charge in [-0.05, 0) is 36.4 Å². The predicted octanol–water partition coefficient (Wildman–Crippen LogP) is 3.61. The molecule has 0 fully saturated rings.